The van der Waals surface area contributed by atoms with Crippen LogP contribution in [0.4, 0.5) is 13.2 Å². The Morgan fingerprint density at radius 1 is 1.09 bits per heavy atom. The summed E-state index contributed by atoms with van der Waals surface area (Å²) in [5.74, 6) is -0.743. The summed E-state index contributed by atoms with van der Waals surface area (Å²) in [4.78, 5) is 15.1. The van der Waals surface area contributed by atoms with Gasteiger partial charge in [0.25, 0.3) is 0 Å². The zero-order valence-corrected chi connectivity index (χ0v) is 19.2. The molecule has 0 saturated carbocycles. The molecule has 4 rings (SSSR count). The van der Waals surface area contributed by atoms with Crippen LogP contribution in [0.3, 0.4) is 0 Å². The quantitative estimate of drug-likeness (QED) is 0.475. The van der Waals surface area contributed by atoms with E-state index in [4.69, 9.17) is 16.0 Å². The molecule has 1 saturated heterocycles. The molecule has 5 nitrogen and oxygen atoms in total. The van der Waals surface area contributed by atoms with Gasteiger partial charge in [0.2, 0.25) is 0 Å². The lowest BCUT2D eigenvalue weighted by Crippen LogP contribution is -2.48. The predicted octanol–water partition coefficient (Wildman–Crippen LogP) is 5.92. The summed E-state index contributed by atoms with van der Waals surface area (Å²) in [7, 11) is 1.95. The van der Waals surface area contributed by atoms with Gasteiger partial charge in [0.15, 0.2) is 5.43 Å². The molecule has 1 fully saturated rings. The molecule has 2 heterocycles. The molecular formula is C24H23ClF3NO4. The Hall–Kier alpha value is -2.71. The van der Waals surface area contributed by atoms with Gasteiger partial charge in [0.1, 0.15) is 28.2 Å². The van der Waals surface area contributed by atoms with Crippen LogP contribution in [0.15, 0.2) is 39.5 Å². The lowest BCUT2D eigenvalue weighted by atomic mass is 9.68. The second-order valence-corrected chi connectivity index (χ2v) is 9.63. The number of fused-ring (bicyclic) bond motifs is 1. The van der Waals surface area contributed by atoms with E-state index in [-0.39, 0.29) is 33.1 Å². The Bertz CT molecular complexity index is 1330. The van der Waals surface area contributed by atoms with E-state index in [1.807, 2.05) is 27.8 Å². The van der Waals surface area contributed by atoms with Crippen molar-refractivity contribution in [3.8, 4) is 22.8 Å². The van der Waals surface area contributed by atoms with Crippen LogP contribution >= 0.6 is 11.6 Å². The van der Waals surface area contributed by atoms with Crippen molar-refractivity contribution in [1.82, 2.24) is 4.90 Å². The first-order chi connectivity index (χ1) is 15.2. The lowest BCUT2D eigenvalue weighted by Gasteiger charge is -2.42. The van der Waals surface area contributed by atoms with Crippen molar-refractivity contribution in [2.24, 2.45) is 0 Å². The highest BCUT2D eigenvalue weighted by Crippen LogP contribution is 2.52. The minimum absolute atomic E-state index is 0.0168. The summed E-state index contributed by atoms with van der Waals surface area (Å²) in [6, 6.07) is 4.94. The SMILES string of the molecule is CN1CC[C@@](C)(c2c(O)cc(O)c3c(=O)cc(-c4ccc(C(F)(F)F)cc4Cl)oc23)C1(C)C. The van der Waals surface area contributed by atoms with E-state index >= 15 is 0 Å². The van der Waals surface area contributed by atoms with Crippen LogP contribution in [-0.4, -0.2) is 34.2 Å². The third-order valence-electron chi connectivity index (χ3n) is 7.33. The maximum atomic E-state index is 13.0. The van der Waals surface area contributed by atoms with Crippen LogP contribution in [-0.2, 0) is 11.6 Å². The molecule has 33 heavy (non-hydrogen) atoms. The second-order valence-electron chi connectivity index (χ2n) is 9.22. The molecule has 0 bridgehead atoms. The number of phenols is 2. The summed E-state index contributed by atoms with van der Waals surface area (Å²) >= 11 is 6.13. The average molecular weight is 482 g/mol. The maximum absolute atomic E-state index is 13.0. The van der Waals surface area contributed by atoms with Gasteiger partial charge in [0.05, 0.1) is 10.6 Å². The van der Waals surface area contributed by atoms with Crippen molar-refractivity contribution >= 4 is 22.6 Å². The maximum Gasteiger partial charge on any atom is 0.416 e. The van der Waals surface area contributed by atoms with Gasteiger partial charge < -0.3 is 19.5 Å². The zero-order valence-electron chi connectivity index (χ0n) is 18.5. The van der Waals surface area contributed by atoms with Gasteiger partial charge in [-0.25, -0.2) is 0 Å². The normalized spacial score (nSPS) is 21.1. The van der Waals surface area contributed by atoms with Gasteiger partial charge in [-0.05, 0) is 52.1 Å². The molecule has 1 aliphatic rings. The van der Waals surface area contributed by atoms with Gasteiger partial charge in [0, 0.05) is 34.2 Å². The van der Waals surface area contributed by atoms with Gasteiger partial charge in [-0.15, -0.1) is 0 Å². The number of benzene rings is 2. The van der Waals surface area contributed by atoms with E-state index in [1.54, 1.807) is 0 Å². The molecule has 2 N–H and O–H groups in total. The number of likely N-dealkylation sites (N-methyl/N-ethyl adjacent to an activating group) is 1. The van der Waals surface area contributed by atoms with E-state index in [1.165, 1.54) is 0 Å². The number of rotatable bonds is 2. The third kappa shape index (κ3) is 3.47. The molecule has 9 heteroatoms. The minimum Gasteiger partial charge on any atom is -0.507 e. The molecule has 0 amide bonds. The van der Waals surface area contributed by atoms with Crippen molar-refractivity contribution in [3.05, 3.63) is 56.7 Å². The van der Waals surface area contributed by atoms with Gasteiger partial charge in [-0.2, -0.15) is 13.2 Å². The van der Waals surface area contributed by atoms with E-state index in [9.17, 15) is 28.2 Å². The van der Waals surface area contributed by atoms with Crippen molar-refractivity contribution in [3.63, 3.8) is 0 Å². The molecule has 0 aliphatic carbocycles. The number of hydrogen-bond acceptors (Lipinski definition) is 5. The number of alkyl halides is 3. The lowest BCUT2D eigenvalue weighted by molar-refractivity contribution is -0.137. The van der Waals surface area contributed by atoms with E-state index in [0.29, 0.717) is 12.0 Å². The van der Waals surface area contributed by atoms with Crippen LogP contribution in [0.2, 0.25) is 5.02 Å². The van der Waals surface area contributed by atoms with Crippen LogP contribution < -0.4 is 5.43 Å². The predicted molar refractivity (Wildman–Crippen MR) is 120 cm³/mol. The van der Waals surface area contributed by atoms with Crippen molar-refractivity contribution in [2.45, 2.75) is 44.3 Å². The highest BCUT2D eigenvalue weighted by molar-refractivity contribution is 6.33. The minimum atomic E-state index is -4.58. The topological polar surface area (TPSA) is 73.9 Å². The van der Waals surface area contributed by atoms with Crippen LogP contribution in [0.25, 0.3) is 22.3 Å². The smallest absolute Gasteiger partial charge is 0.416 e. The first-order valence-electron chi connectivity index (χ1n) is 10.3. The monoisotopic (exact) mass is 481 g/mol. The number of hydrogen-bond donors (Lipinski definition) is 2. The summed E-state index contributed by atoms with van der Waals surface area (Å²) in [6.45, 7) is 6.68. The first-order valence-corrected chi connectivity index (χ1v) is 10.7. The number of phenolic OH excluding ortho intramolecular Hbond substituents is 2. The Labute approximate surface area is 193 Å². The molecule has 0 spiro atoms. The Kier molecular flexibility index (Phi) is 5.26. The van der Waals surface area contributed by atoms with Gasteiger partial charge in [-0.3, -0.25) is 4.79 Å². The van der Waals surface area contributed by atoms with E-state index in [0.717, 1.165) is 36.9 Å². The fraction of sp³-hybridized carbons (Fsp3) is 0.375. The fourth-order valence-electron chi connectivity index (χ4n) is 4.69. The molecular weight excluding hydrogens is 459 g/mol. The van der Waals surface area contributed by atoms with Gasteiger partial charge in [-0.1, -0.05) is 18.5 Å². The standard InChI is InChI=1S/C24H23ClF3NO4/c1-22(2)23(3,7-8-29(22)4)20-17(32)10-15(30)19-16(31)11-18(33-21(19)20)13-6-5-12(9-14(13)25)24(26,27)28/h5-6,9-11,30,32H,7-8H2,1-4H3/t23-/m0/s1. The number of likely N-dealkylation sites (tertiary alicyclic amines) is 1. The fourth-order valence-corrected chi connectivity index (χ4v) is 4.96. The molecule has 0 radical (unpaired) electrons. The number of nitrogens with zero attached hydrogens (tertiary/aromatic N) is 1. The van der Waals surface area contributed by atoms with E-state index < -0.39 is 33.9 Å². The summed E-state index contributed by atoms with van der Waals surface area (Å²) in [5.41, 5.74) is -2.23. The highest BCUT2D eigenvalue weighted by Gasteiger charge is 2.52. The second kappa shape index (κ2) is 7.40. The largest absolute Gasteiger partial charge is 0.507 e. The van der Waals surface area contributed by atoms with Crippen LogP contribution in [0.1, 0.15) is 38.3 Å². The molecule has 0 unspecified atom stereocenters. The molecule has 2 aromatic carbocycles. The zero-order chi connectivity index (χ0) is 24.5. The average Bonchev–Trinajstić information content (AvgIpc) is 2.89. The van der Waals surface area contributed by atoms with Crippen LogP contribution in [0, 0.1) is 0 Å². The Morgan fingerprint density at radius 3 is 2.30 bits per heavy atom. The summed E-state index contributed by atoms with van der Waals surface area (Å²) in [5, 5.41) is 20.9. The highest BCUT2D eigenvalue weighted by atomic mass is 35.5. The van der Waals surface area contributed by atoms with Gasteiger partial charge >= 0.3 is 6.18 Å². The molecule has 1 aliphatic heterocycles. The Balaban J connectivity index is 2.03. The van der Waals surface area contributed by atoms with Crippen molar-refractivity contribution in [2.75, 3.05) is 13.6 Å². The first kappa shape index (κ1) is 23.4. The van der Waals surface area contributed by atoms with Crippen molar-refractivity contribution < 1.29 is 27.8 Å². The van der Waals surface area contributed by atoms with E-state index in [2.05, 4.69) is 4.90 Å². The molecule has 1 atom stereocenters. The molecule has 3 aromatic rings. The number of aromatic hydroxyl groups is 2. The Morgan fingerprint density at radius 2 is 1.76 bits per heavy atom. The molecule has 1 aromatic heterocycles. The molecule has 176 valence electrons. The van der Waals surface area contributed by atoms with Crippen molar-refractivity contribution in [1.29, 1.82) is 0 Å². The number of halogens is 4. The third-order valence-corrected chi connectivity index (χ3v) is 7.64. The summed E-state index contributed by atoms with van der Waals surface area (Å²) < 4.78 is 45.2. The summed E-state index contributed by atoms with van der Waals surface area (Å²) in [6.07, 6.45) is -3.94. The van der Waals surface area contributed by atoms with Crippen LogP contribution in [0.5, 0.6) is 11.5 Å².